The third kappa shape index (κ3) is 1.53. The minimum atomic E-state index is -0.0253. The molecule has 3 heteroatoms. The first-order chi connectivity index (χ1) is 7.48. The molecule has 0 aromatic carbocycles. The van der Waals surface area contributed by atoms with Crippen LogP contribution >= 0.6 is 0 Å². The zero-order valence-corrected chi connectivity index (χ0v) is 10.3. The molecule has 0 aliphatic heterocycles. The van der Waals surface area contributed by atoms with Gasteiger partial charge < -0.3 is 5.11 Å². The quantitative estimate of drug-likeness (QED) is 0.831. The van der Waals surface area contributed by atoms with Crippen molar-refractivity contribution in [3.63, 3.8) is 0 Å². The summed E-state index contributed by atoms with van der Waals surface area (Å²) in [5.74, 6) is 1.58. The molecule has 0 saturated heterocycles. The van der Waals surface area contributed by atoms with Crippen LogP contribution in [0.15, 0.2) is 0 Å². The lowest BCUT2D eigenvalue weighted by atomic mass is 10.1. The van der Waals surface area contributed by atoms with Crippen molar-refractivity contribution < 1.29 is 5.11 Å². The van der Waals surface area contributed by atoms with E-state index in [9.17, 15) is 5.11 Å². The van der Waals surface area contributed by atoms with Crippen LogP contribution in [0.25, 0.3) is 0 Å². The number of hydrogen-bond acceptors (Lipinski definition) is 2. The second-order valence-corrected chi connectivity index (χ2v) is 6.25. The third-order valence-electron chi connectivity index (χ3n) is 3.48. The van der Waals surface area contributed by atoms with Gasteiger partial charge in [0.25, 0.3) is 0 Å². The Balaban J connectivity index is 2.10. The smallest absolute Gasteiger partial charge is 0.160 e. The van der Waals surface area contributed by atoms with E-state index in [0.29, 0.717) is 17.6 Å². The summed E-state index contributed by atoms with van der Waals surface area (Å²) in [7, 11) is 0. The highest BCUT2D eigenvalue weighted by Gasteiger charge is 2.39. The van der Waals surface area contributed by atoms with Gasteiger partial charge in [-0.3, -0.25) is 4.68 Å². The molecule has 0 amide bonds. The molecule has 16 heavy (non-hydrogen) atoms. The zero-order chi connectivity index (χ0) is 11.5. The predicted molar refractivity (Wildman–Crippen MR) is 62.8 cm³/mol. The van der Waals surface area contributed by atoms with Crippen molar-refractivity contribution in [1.82, 2.24) is 9.78 Å². The van der Waals surface area contributed by atoms with E-state index in [-0.39, 0.29) is 5.54 Å². The summed E-state index contributed by atoms with van der Waals surface area (Å²) in [6.07, 6.45) is 4.80. The van der Waals surface area contributed by atoms with Gasteiger partial charge in [0.2, 0.25) is 0 Å². The molecule has 0 bridgehead atoms. The average molecular weight is 220 g/mol. The number of aromatic nitrogens is 2. The van der Waals surface area contributed by atoms with Gasteiger partial charge >= 0.3 is 0 Å². The summed E-state index contributed by atoms with van der Waals surface area (Å²) in [4.78, 5) is 0. The fraction of sp³-hybridized carbons (Fsp3) is 0.769. The molecule has 1 N–H and O–H groups in total. The first-order valence-corrected chi connectivity index (χ1v) is 6.30. The van der Waals surface area contributed by atoms with Crippen LogP contribution in [0.2, 0.25) is 0 Å². The Bertz CT molecular complexity index is 420. The Morgan fingerprint density at radius 3 is 2.12 bits per heavy atom. The van der Waals surface area contributed by atoms with E-state index in [0.717, 1.165) is 11.4 Å². The molecule has 2 fully saturated rings. The Labute approximate surface area is 96.5 Å². The van der Waals surface area contributed by atoms with Crippen molar-refractivity contribution in [2.45, 2.75) is 63.8 Å². The number of aromatic hydroxyl groups is 1. The highest BCUT2D eigenvalue weighted by molar-refractivity contribution is 5.41. The lowest BCUT2D eigenvalue weighted by molar-refractivity contribution is 0.338. The summed E-state index contributed by atoms with van der Waals surface area (Å²) < 4.78 is 2.06. The Morgan fingerprint density at radius 2 is 1.69 bits per heavy atom. The largest absolute Gasteiger partial charge is 0.504 e. The van der Waals surface area contributed by atoms with Crippen LogP contribution in [0.5, 0.6) is 5.75 Å². The minimum absolute atomic E-state index is 0.0253. The monoisotopic (exact) mass is 220 g/mol. The van der Waals surface area contributed by atoms with Crippen LogP contribution in [0.3, 0.4) is 0 Å². The summed E-state index contributed by atoms with van der Waals surface area (Å²) in [5.41, 5.74) is 2.02. The maximum absolute atomic E-state index is 10.3. The van der Waals surface area contributed by atoms with Crippen molar-refractivity contribution in [3.05, 3.63) is 11.4 Å². The van der Waals surface area contributed by atoms with E-state index in [1.165, 1.54) is 25.7 Å². The molecule has 2 aliphatic carbocycles. The van der Waals surface area contributed by atoms with Crippen molar-refractivity contribution in [2.24, 2.45) is 0 Å². The standard InChI is InChI=1S/C13H20N2O/c1-13(2,3)15-11(9-6-7-9)12(16)10(14-15)8-4-5-8/h8-9,16H,4-7H2,1-3H3. The molecule has 1 heterocycles. The Morgan fingerprint density at radius 1 is 1.12 bits per heavy atom. The molecule has 2 saturated carbocycles. The number of nitrogens with zero attached hydrogens (tertiary/aromatic N) is 2. The molecule has 0 unspecified atom stereocenters. The third-order valence-corrected chi connectivity index (χ3v) is 3.48. The molecule has 0 atom stereocenters. The average Bonchev–Trinajstić information content (AvgIpc) is 3.05. The molecule has 3 rings (SSSR count). The van der Waals surface area contributed by atoms with Crippen LogP contribution in [0.4, 0.5) is 0 Å². The molecule has 2 aliphatic rings. The van der Waals surface area contributed by atoms with Crippen LogP contribution in [-0.2, 0) is 5.54 Å². The van der Waals surface area contributed by atoms with E-state index in [4.69, 9.17) is 0 Å². The fourth-order valence-corrected chi connectivity index (χ4v) is 2.31. The summed E-state index contributed by atoms with van der Waals surface area (Å²) in [6, 6.07) is 0. The van der Waals surface area contributed by atoms with E-state index in [1.54, 1.807) is 0 Å². The van der Waals surface area contributed by atoms with Crippen LogP contribution in [-0.4, -0.2) is 14.9 Å². The van der Waals surface area contributed by atoms with Crippen molar-refractivity contribution in [1.29, 1.82) is 0 Å². The van der Waals surface area contributed by atoms with Crippen molar-refractivity contribution >= 4 is 0 Å². The second-order valence-electron chi connectivity index (χ2n) is 6.25. The van der Waals surface area contributed by atoms with Gasteiger partial charge in [0, 0.05) is 11.8 Å². The van der Waals surface area contributed by atoms with Gasteiger partial charge in [-0.1, -0.05) is 0 Å². The highest BCUT2D eigenvalue weighted by Crippen LogP contribution is 2.51. The van der Waals surface area contributed by atoms with E-state index in [1.807, 2.05) is 0 Å². The first-order valence-electron chi connectivity index (χ1n) is 6.30. The van der Waals surface area contributed by atoms with Gasteiger partial charge in [0.15, 0.2) is 5.75 Å². The molecule has 0 radical (unpaired) electrons. The maximum Gasteiger partial charge on any atom is 0.160 e. The van der Waals surface area contributed by atoms with Gasteiger partial charge in [0.1, 0.15) is 5.69 Å². The van der Waals surface area contributed by atoms with E-state index in [2.05, 4.69) is 30.6 Å². The second kappa shape index (κ2) is 3.02. The van der Waals surface area contributed by atoms with E-state index < -0.39 is 0 Å². The highest BCUT2D eigenvalue weighted by atomic mass is 16.3. The summed E-state index contributed by atoms with van der Waals surface area (Å²) in [5, 5.41) is 15.0. The topological polar surface area (TPSA) is 38.0 Å². The maximum atomic E-state index is 10.3. The van der Waals surface area contributed by atoms with Gasteiger partial charge in [0.05, 0.1) is 11.2 Å². The SMILES string of the molecule is CC(C)(C)n1nc(C2CC2)c(O)c1C1CC1. The zero-order valence-electron chi connectivity index (χ0n) is 10.3. The molecule has 1 aromatic rings. The van der Waals surface area contributed by atoms with Gasteiger partial charge in [-0.25, -0.2) is 0 Å². The van der Waals surface area contributed by atoms with Crippen LogP contribution in [0.1, 0.15) is 69.7 Å². The Kier molecular flexibility index (Phi) is 1.92. The Hall–Kier alpha value is -0.990. The van der Waals surface area contributed by atoms with Crippen LogP contribution in [0, 0.1) is 0 Å². The fourth-order valence-electron chi connectivity index (χ4n) is 2.31. The molecule has 0 spiro atoms. The van der Waals surface area contributed by atoms with Crippen molar-refractivity contribution in [3.8, 4) is 5.75 Å². The predicted octanol–water partition coefficient (Wildman–Crippen LogP) is 3.10. The van der Waals surface area contributed by atoms with Gasteiger partial charge in [-0.15, -0.1) is 0 Å². The van der Waals surface area contributed by atoms with Crippen molar-refractivity contribution in [2.75, 3.05) is 0 Å². The normalized spacial score (nSPS) is 21.4. The lowest BCUT2D eigenvalue weighted by Gasteiger charge is -2.22. The molecular formula is C13H20N2O. The van der Waals surface area contributed by atoms with Gasteiger partial charge in [-0.2, -0.15) is 5.10 Å². The molecule has 88 valence electrons. The van der Waals surface area contributed by atoms with Crippen LogP contribution < -0.4 is 0 Å². The molecule has 3 nitrogen and oxygen atoms in total. The lowest BCUT2D eigenvalue weighted by Crippen LogP contribution is -2.25. The molecular weight excluding hydrogens is 200 g/mol. The summed E-state index contributed by atoms with van der Waals surface area (Å²) >= 11 is 0. The molecule has 1 aromatic heterocycles. The first kappa shape index (κ1) is 10.2. The van der Waals surface area contributed by atoms with E-state index >= 15 is 0 Å². The number of hydrogen-bond donors (Lipinski definition) is 1. The minimum Gasteiger partial charge on any atom is -0.504 e. The van der Waals surface area contributed by atoms with Gasteiger partial charge in [-0.05, 0) is 46.5 Å². The summed E-state index contributed by atoms with van der Waals surface area (Å²) in [6.45, 7) is 6.46. The number of rotatable bonds is 2.